The van der Waals surface area contributed by atoms with E-state index in [2.05, 4.69) is 35.9 Å². The lowest BCUT2D eigenvalue weighted by Gasteiger charge is -2.05. The number of unbranched alkanes of at least 4 members (excludes halogenated alkanes) is 3. The minimum absolute atomic E-state index is 0.623. The van der Waals surface area contributed by atoms with Gasteiger partial charge >= 0.3 is 0 Å². The summed E-state index contributed by atoms with van der Waals surface area (Å²) in [6.45, 7) is 4.12. The van der Waals surface area contributed by atoms with Gasteiger partial charge in [-0.15, -0.1) is 0 Å². The van der Waals surface area contributed by atoms with Gasteiger partial charge in [-0.05, 0) is 74.9 Å². The summed E-state index contributed by atoms with van der Waals surface area (Å²) in [6.07, 6.45) is 6.72. The van der Waals surface area contributed by atoms with Gasteiger partial charge in [-0.2, -0.15) is 0 Å². The Morgan fingerprint density at radius 2 is 1.09 bits per heavy atom. The number of nitrogens with zero attached hydrogens (tertiary/aromatic N) is 2. The normalized spacial score (nSPS) is 10.8. The monoisotopic (exact) mass is 298 g/mol. The molecule has 0 unspecified atom stereocenters. The molecule has 118 valence electrons. The topological polar surface area (TPSA) is 77.8 Å². The lowest BCUT2D eigenvalue weighted by molar-refractivity contribution is 0.632. The van der Waals surface area contributed by atoms with Crippen molar-refractivity contribution in [1.82, 2.24) is 9.97 Å². The quantitative estimate of drug-likeness (QED) is 0.765. The van der Waals surface area contributed by atoms with E-state index in [9.17, 15) is 0 Å². The molecular formula is C18H26N4. The molecule has 4 nitrogen and oxygen atoms in total. The van der Waals surface area contributed by atoms with Crippen molar-refractivity contribution in [2.75, 3.05) is 11.5 Å². The number of anilines is 2. The highest BCUT2D eigenvalue weighted by Crippen LogP contribution is 2.13. The number of aryl methyl sites for hydroxylation is 4. The van der Waals surface area contributed by atoms with Gasteiger partial charge in [0, 0.05) is 11.4 Å². The van der Waals surface area contributed by atoms with Gasteiger partial charge in [-0.1, -0.05) is 12.8 Å². The van der Waals surface area contributed by atoms with Crippen molar-refractivity contribution in [1.29, 1.82) is 0 Å². The minimum Gasteiger partial charge on any atom is -0.384 e. The molecule has 0 fully saturated rings. The minimum atomic E-state index is 0.623. The Morgan fingerprint density at radius 1 is 0.682 bits per heavy atom. The number of pyridine rings is 2. The van der Waals surface area contributed by atoms with Crippen molar-refractivity contribution >= 4 is 11.6 Å². The van der Waals surface area contributed by atoms with Crippen LogP contribution in [0.25, 0.3) is 0 Å². The predicted molar refractivity (Wildman–Crippen MR) is 92.6 cm³/mol. The molecule has 2 aromatic heterocycles. The first-order valence-corrected chi connectivity index (χ1v) is 7.99. The molecule has 2 heterocycles. The van der Waals surface area contributed by atoms with Gasteiger partial charge in [0.2, 0.25) is 0 Å². The standard InChI is InChI=1S/C18H26N4/c1-13-9-15(21-17(19)11-13)7-5-3-4-6-8-16-10-14(2)12-18(20)22-16/h9-12H,3-8H2,1-2H3,(H2,19,21)(H2,20,22). The molecule has 2 rings (SSSR count). The molecule has 0 saturated carbocycles. The van der Waals surface area contributed by atoms with E-state index in [1.165, 1.54) is 24.0 Å². The van der Waals surface area contributed by atoms with Crippen LogP contribution in [-0.2, 0) is 12.8 Å². The van der Waals surface area contributed by atoms with Crippen molar-refractivity contribution in [2.45, 2.75) is 52.4 Å². The van der Waals surface area contributed by atoms with Crippen molar-refractivity contribution in [2.24, 2.45) is 0 Å². The van der Waals surface area contributed by atoms with Gasteiger partial charge in [-0.25, -0.2) is 9.97 Å². The lowest BCUT2D eigenvalue weighted by atomic mass is 10.1. The van der Waals surface area contributed by atoms with Gasteiger partial charge in [0.1, 0.15) is 11.6 Å². The zero-order chi connectivity index (χ0) is 15.9. The fourth-order valence-corrected chi connectivity index (χ4v) is 2.76. The van der Waals surface area contributed by atoms with E-state index in [-0.39, 0.29) is 0 Å². The van der Waals surface area contributed by atoms with Crippen LogP contribution < -0.4 is 11.5 Å². The van der Waals surface area contributed by atoms with Crippen LogP contribution in [-0.4, -0.2) is 9.97 Å². The average molecular weight is 298 g/mol. The van der Waals surface area contributed by atoms with E-state index < -0.39 is 0 Å². The second kappa shape index (κ2) is 7.78. The van der Waals surface area contributed by atoms with Crippen LogP contribution in [0.2, 0.25) is 0 Å². The number of nitrogen functional groups attached to an aromatic ring is 2. The fraction of sp³-hybridized carbons (Fsp3) is 0.444. The first-order chi connectivity index (χ1) is 10.5. The Labute approximate surface area is 133 Å². The molecule has 0 radical (unpaired) electrons. The van der Waals surface area contributed by atoms with E-state index in [1.807, 2.05) is 12.1 Å². The molecule has 0 aliphatic rings. The summed E-state index contributed by atoms with van der Waals surface area (Å²) >= 11 is 0. The average Bonchev–Trinajstić information content (AvgIpc) is 2.40. The van der Waals surface area contributed by atoms with Crippen LogP contribution in [0.4, 0.5) is 11.6 Å². The van der Waals surface area contributed by atoms with E-state index in [0.29, 0.717) is 11.6 Å². The summed E-state index contributed by atoms with van der Waals surface area (Å²) in [4.78, 5) is 8.75. The van der Waals surface area contributed by atoms with Crippen LogP contribution >= 0.6 is 0 Å². The zero-order valence-corrected chi connectivity index (χ0v) is 13.6. The third kappa shape index (κ3) is 5.35. The number of rotatable bonds is 7. The Hall–Kier alpha value is -2.10. The molecule has 4 N–H and O–H groups in total. The Kier molecular flexibility index (Phi) is 5.75. The Morgan fingerprint density at radius 3 is 1.45 bits per heavy atom. The summed E-state index contributed by atoms with van der Waals surface area (Å²) in [5, 5.41) is 0. The molecule has 0 atom stereocenters. The van der Waals surface area contributed by atoms with Gasteiger partial charge in [0.25, 0.3) is 0 Å². The summed E-state index contributed by atoms with van der Waals surface area (Å²) in [6, 6.07) is 8.06. The van der Waals surface area contributed by atoms with E-state index in [4.69, 9.17) is 11.5 Å². The molecular weight excluding hydrogens is 272 g/mol. The summed E-state index contributed by atoms with van der Waals surface area (Å²) in [5.74, 6) is 1.25. The highest BCUT2D eigenvalue weighted by atomic mass is 14.8. The molecule has 0 aromatic carbocycles. The first kappa shape index (κ1) is 16.3. The van der Waals surface area contributed by atoms with Gasteiger partial charge in [0.05, 0.1) is 0 Å². The van der Waals surface area contributed by atoms with E-state index in [1.54, 1.807) is 0 Å². The SMILES string of the molecule is Cc1cc(N)nc(CCCCCCc2cc(C)cc(N)n2)c1. The summed E-state index contributed by atoms with van der Waals surface area (Å²) in [7, 11) is 0. The first-order valence-electron chi connectivity index (χ1n) is 7.99. The molecule has 0 aliphatic heterocycles. The molecule has 2 aromatic rings. The maximum Gasteiger partial charge on any atom is 0.123 e. The molecule has 0 saturated heterocycles. The maximum atomic E-state index is 5.77. The van der Waals surface area contributed by atoms with Crippen molar-refractivity contribution in [3.05, 3.63) is 46.8 Å². The van der Waals surface area contributed by atoms with Gasteiger partial charge in [-0.3, -0.25) is 0 Å². The van der Waals surface area contributed by atoms with Crippen molar-refractivity contribution < 1.29 is 0 Å². The van der Waals surface area contributed by atoms with Crippen LogP contribution in [0.3, 0.4) is 0 Å². The van der Waals surface area contributed by atoms with Crippen LogP contribution in [0.5, 0.6) is 0 Å². The number of nitrogens with two attached hydrogens (primary N) is 2. The highest BCUT2D eigenvalue weighted by Gasteiger charge is 2.01. The summed E-state index contributed by atoms with van der Waals surface area (Å²) < 4.78 is 0. The highest BCUT2D eigenvalue weighted by molar-refractivity contribution is 5.34. The third-order valence-corrected chi connectivity index (χ3v) is 3.70. The lowest BCUT2D eigenvalue weighted by Crippen LogP contribution is -1.98. The van der Waals surface area contributed by atoms with Crippen LogP contribution in [0.15, 0.2) is 24.3 Å². The molecule has 0 amide bonds. The molecule has 22 heavy (non-hydrogen) atoms. The Balaban J connectivity index is 1.67. The van der Waals surface area contributed by atoms with E-state index in [0.717, 1.165) is 37.1 Å². The molecule has 0 bridgehead atoms. The maximum absolute atomic E-state index is 5.77. The second-order valence-corrected chi connectivity index (χ2v) is 6.04. The van der Waals surface area contributed by atoms with E-state index >= 15 is 0 Å². The van der Waals surface area contributed by atoms with Crippen molar-refractivity contribution in [3.63, 3.8) is 0 Å². The fourth-order valence-electron chi connectivity index (χ4n) is 2.76. The second-order valence-electron chi connectivity index (χ2n) is 6.04. The van der Waals surface area contributed by atoms with Gasteiger partial charge < -0.3 is 11.5 Å². The predicted octanol–water partition coefficient (Wildman–Crippen LogP) is 3.60. The van der Waals surface area contributed by atoms with Gasteiger partial charge in [0.15, 0.2) is 0 Å². The van der Waals surface area contributed by atoms with Crippen LogP contribution in [0.1, 0.15) is 48.2 Å². The van der Waals surface area contributed by atoms with Crippen molar-refractivity contribution in [3.8, 4) is 0 Å². The number of hydrogen-bond acceptors (Lipinski definition) is 4. The summed E-state index contributed by atoms with van der Waals surface area (Å²) in [5.41, 5.74) is 16.1. The largest absolute Gasteiger partial charge is 0.384 e. The smallest absolute Gasteiger partial charge is 0.123 e. The van der Waals surface area contributed by atoms with Crippen LogP contribution in [0, 0.1) is 13.8 Å². The Bertz CT molecular complexity index is 526. The number of aromatic nitrogens is 2. The molecule has 0 aliphatic carbocycles. The molecule has 4 heteroatoms. The molecule has 0 spiro atoms. The number of hydrogen-bond donors (Lipinski definition) is 2. The third-order valence-electron chi connectivity index (χ3n) is 3.70. The zero-order valence-electron chi connectivity index (χ0n) is 13.6.